The minimum absolute atomic E-state index is 0.436. The Morgan fingerprint density at radius 1 is 0.439 bits per heavy atom. The van der Waals surface area contributed by atoms with Gasteiger partial charge in [-0.3, -0.25) is 0 Å². The van der Waals surface area contributed by atoms with Crippen molar-refractivity contribution < 1.29 is 0 Å². The van der Waals surface area contributed by atoms with E-state index in [0.29, 0.717) is 0 Å². The van der Waals surface area contributed by atoms with Crippen LogP contribution in [-0.2, 0) is 5.41 Å². The molecule has 272 valence electrons. The Morgan fingerprint density at radius 2 is 0.912 bits per heavy atom. The molecule has 0 aromatic heterocycles. The highest BCUT2D eigenvalue weighted by molar-refractivity contribution is 5.96. The van der Waals surface area contributed by atoms with Crippen LogP contribution >= 0.6 is 0 Å². The van der Waals surface area contributed by atoms with Crippen molar-refractivity contribution in [1.29, 1.82) is 0 Å². The number of fused-ring (bicyclic) bond motifs is 3. The van der Waals surface area contributed by atoms with Crippen LogP contribution < -0.4 is 4.90 Å². The molecule has 0 amide bonds. The zero-order valence-corrected chi connectivity index (χ0v) is 32.1. The fourth-order valence-electron chi connectivity index (χ4n) is 8.65. The van der Waals surface area contributed by atoms with Gasteiger partial charge in [0.1, 0.15) is 0 Å². The summed E-state index contributed by atoms with van der Waals surface area (Å²) < 4.78 is 0. The average Bonchev–Trinajstić information content (AvgIpc) is 3.59. The Hall–Kier alpha value is -7.22. The Labute approximate surface area is 336 Å². The van der Waals surface area contributed by atoms with Gasteiger partial charge in [-0.2, -0.15) is 0 Å². The zero-order chi connectivity index (χ0) is 38.6. The maximum absolute atomic E-state index is 3.80. The second-order valence-corrected chi connectivity index (χ2v) is 14.6. The van der Waals surface area contributed by atoms with Gasteiger partial charge in [-0.1, -0.05) is 201 Å². The van der Waals surface area contributed by atoms with Crippen molar-refractivity contribution in [1.82, 2.24) is 0 Å². The van der Waals surface area contributed by atoms with E-state index in [9.17, 15) is 0 Å². The smallest absolute Gasteiger partial charge is 0.0713 e. The summed E-state index contributed by atoms with van der Waals surface area (Å²) in [5, 5.41) is 0. The van der Waals surface area contributed by atoms with Crippen molar-refractivity contribution in [3.05, 3.63) is 265 Å². The van der Waals surface area contributed by atoms with Crippen molar-refractivity contribution >= 4 is 22.6 Å². The van der Waals surface area contributed by atoms with Crippen molar-refractivity contribution in [2.24, 2.45) is 0 Å². The van der Waals surface area contributed by atoms with E-state index in [1.54, 1.807) is 6.08 Å². The number of hydrogen-bond donors (Lipinski definition) is 0. The van der Waals surface area contributed by atoms with Crippen LogP contribution in [0.2, 0.25) is 0 Å². The second kappa shape index (κ2) is 15.5. The Morgan fingerprint density at radius 3 is 1.51 bits per heavy atom. The maximum atomic E-state index is 3.80. The van der Waals surface area contributed by atoms with Gasteiger partial charge in [0, 0.05) is 17.1 Å². The standard InChI is InChI=1S/C56H43N/c1-3-4-8-18-41(2)42-29-35-48(36-30-42)57(49-37-31-44(32-38-49)43-19-9-5-10-20-43)50-39-33-45(34-40-50)51-26-17-28-54-55(51)52-25-15-16-27-53(52)56(54,46-21-11-6-12-22-46)47-23-13-7-14-24-47/h3-40H,1H2,2H3/b8-4-,41-18+. The lowest BCUT2D eigenvalue weighted by atomic mass is 9.67. The lowest BCUT2D eigenvalue weighted by Gasteiger charge is -2.34. The Balaban J connectivity index is 1.15. The molecule has 0 radical (unpaired) electrons. The van der Waals surface area contributed by atoms with Gasteiger partial charge < -0.3 is 4.90 Å². The second-order valence-electron chi connectivity index (χ2n) is 14.6. The minimum Gasteiger partial charge on any atom is -0.311 e. The van der Waals surface area contributed by atoms with Gasteiger partial charge >= 0.3 is 0 Å². The molecule has 9 rings (SSSR count). The first-order valence-electron chi connectivity index (χ1n) is 19.6. The average molecular weight is 730 g/mol. The fraction of sp³-hybridized carbons (Fsp3) is 0.0357. The van der Waals surface area contributed by atoms with Crippen LogP contribution in [0.4, 0.5) is 17.1 Å². The molecular formula is C56H43N. The molecule has 0 saturated heterocycles. The molecule has 0 heterocycles. The van der Waals surface area contributed by atoms with Crippen LogP contribution in [0.1, 0.15) is 34.7 Å². The molecule has 1 aliphatic rings. The first-order valence-corrected chi connectivity index (χ1v) is 19.6. The fourth-order valence-corrected chi connectivity index (χ4v) is 8.65. The number of allylic oxidation sites excluding steroid dienone is 5. The SMILES string of the molecule is C=C/C=C\C=C(/C)c1ccc(N(c2ccc(-c3ccccc3)cc2)c2ccc(-c3cccc4c3-c3ccccc3C4(c3ccccc3)c3ccccc3)cc2)cc1. The van der Waals surface area contributed by atoms with Crippen molar-refractivity contribution in [3.8, 4) is 33.4 Å². The molecule has 8 aromatic carbocycles. The molecule has 0 saturated carbocycles. The summed E-state index contributed by atoms with van der Waals surface area (Å²) in [6.07, 6.45) is 7.90. The van der Waals surface area contributed by atoms with Gasteiger partial charge in [0.25, 0.3) is 0 Å². The number of nitrogens with zero attached hydrogens (tertiary/aromatic N) is 1. The predicted molar refractivity (Wildman–Crippen MR) is 242 cm³/mol. The van der Waals surface area contributed by atoms with E-state index in [2.05, 4.69) is 231 Å². The number of anilines is 3. The molecule has 1 nitrogen and oxygen atoms in total. The Kier molecular flexibility index (Phi) is 9.64. The van der Waals surface area contributed by atoms with E-state index < -0.39 is 5.41 Å². The van der Waals surface area contributed by atoms with Crippen LogP contribution in [0.15, 0.2) is 237 Å². The summed E-state index contributed by atoms with van der Waals surface area (Å²) in [7, 11) is 0. The number of hydrogen-bond acceptors (Lipinski definition) is 1. The molecule has 1 heteroatoms. The third-order valence-corrected chi connectivity index (χ3v) is 11.3. The molecule has 0 spiro atoms. The van der Waals surface area contributed by atoms with Crippen LogP contribution in [0.25, 0.3) is 39.0 Å². The van der Waals surface area contributed by atoms with E-state index in [1.165, 1.54) is 66.8 Å². The summed E-state index contributed by atoms with van der Waals surface area (Å²) in [6, 6.07) is 75.3. The van der Waals surface area contributed by atoms with Crippen LogP contribution in [0.5, 0.6) is 0 Å². The molecule has 0 aliphatic heterocycles. The maximum Gasteiger partial charge on any atom is 0.0713 e. The number of benzene rings is 8. The van der Waals surface area contributed by atoms with Crippen molar-refractivity contribution in [3.63, 3.8) is 0 Å². The zero-order valence-electron chi connectivity index (χ0n) is 32.1. The van der Waals surface area contributed by atoms with E-state index in [1.807, 2.05) is 12.2 Å². The quantitative estimate of drug-likeness (QED) is 0.127. The highest BCUT2D eigenvalue weighted by atomic mass is 15.1. The normalized spacial score (nSPS) is 12.9. The molecule has 57 heavy (non-hydrogen) atoms. The van der Waals surface area contributed by atoms with Gasteiger partial charge in [-0.25, -0.2) is 0 Å². The third-order valence-electron chi connectivity index (χ3n) is 11.3. The van der Waals surface area contributed by atoms with Gasteiger partial charge in [-0.05, 0) is 110 Å². The Bertz CT molecular complexity index is 2660. The summed E-state index contributed by atoms with van der Waals surface area (Å²) in [4.78, 5) is 2.35. The molecule has 8 aromatic rings. The summed E-state index contributed by atoms with van der Waals surface area (Å²) in [6.45, 7) is 5.94. The van der Waals surface area contributed by atoms with Crippen molar-refractivity contribution in [2.75, 3.05) is 4.90 Å². The highest BCUT2D eigenvalue weighted by Gasteiger charge is 2.46. The molecule has 0 bridgehead atoms. The van der Waals surface area contributed by atoms with E-state index in [0.717, 1.165) is 17.1 Å². The lowest BCUT2D eigenvalue weighted by Crippen LogP contribution is -2.28. The van der Waals surface area contributed by atoms with Gasteiger partial charge in [0.05, 0.1) is 5.41 Å². The van der Waals surface area contributed by atoms with E-state index in [-0.39, 0.29) is 0 Å². The monoisotopic (exact) mass is 729 g/mol. The van der Waals surface area contributed by atoms with Gasteiger partial charge in [-0.15, -0.1) is 0 Å². The summed E-state index contributed by atoms with van der Waals surface area (Å²) in [5.74, 6) is 0. The van der Waals surface area contributed by atoms with Gasteiger partial charge in [0.2, 0.25) is 0 Å². The van der Waals surface area contributed by atoms with Crippen LogP contribution in [-0.4, -0.2) is 0 Å². The van der Waals surface area contributed by atoms with E-state index >= 15 is 0 Å². The molecule has 0 atom stereocenters. The van der Waals surface area contributed by atoms with Crippen LogP contribution in [0, 0.1) is 0 Å². The molecule has 1 aliphatic carbocycles. The number of rotatable bonds is 10. The third kappa shape index (κ3) is 6.44. The molecule has 0 N–H and O–H groups in total. The van der Waals surface area contributed by atoms with Gasteiger partial charge in [0.15, 0.2) is 0 Å². The highest BCUT2D eigenvalue weighted by Crippen LogP contribution is 2.58. The summed E-state index contributed by atoms with van der Waals surface area (Å²) in [5.41, 5.74) is 17.8. The van der Waals surface area contributed by atoms with Crippen LogP contribution in [0.3, 0.4) is 0 Å². The molecule has 0 unspecified atom stereocenters. The largest absolute Gasteiger partial charge is 0.311 e. The van der Waals surface area contributed by atoms with Crippen molar-refractivity contribution in [2.45, 2.75) is 12.3 Å². The predicted octanol–water partition coefficient (Wildman–Crippen LogP) is 15.0. The van der Waals surface area contributed by atoms with E-state index in [4.69, 9.17) is 0 Å². The molecule has 0 fully saturated rings. The summed E-state index contributed by atoms with van der Waals surface area (Å²) >= 11 is 0. The first-order chi connectivity index (χ1) is 28.2. The lowest BCUT2D eigenvalue weighted by molar-refractivity contribution is 0.768. The molecular weight excluding hydrogens is 687 g/mol. The first kappa shape index (κ1) is 35.5. The topological polar surface area (TPSA) is 3.24 Å². The minimum atomic E-state index is -0.436.